The zero-order valence-corrected chi connectivity index (χ0v) is 20.1. The second-order valence-corrected chi connectivity index (χ2v) is 9.32. The van der Waals surface area contributed by atoms with Crippen LogP contribution >= 0.6 is 22.9 Å². The van der Waals surface area contributed by atoms with Crippen LogP contribution in [0.3, 0.4) is 0 Å². The summed E-state index contributed by atoms with van der Waals surface area (Å²) in [6, 6.07) is 9.36. The first-order valence-corrected chi connectivity index (χ1v) is 12.4. The second kappa shape index (κ2) is 10.5. The van der Waals surface area contributed by atoms with Crippen molar-refractivity contribution >= 4 is 45.0 Å². The van der Waals surface area contributed by atoms with E-state index in [4.69, 9.17) is 16.3 Å². The number of hydrogen-bond acceptors (Lipinski definition) is 7. The number of piperazine rings is 1. The largest absolute Gasteiger partial charge is 0.492 e. The fraction of sp³-hybridized carbons (Fsp3) is 0.292. The van der Waals surface area contributed by atoms with E-state index in [0.717, 1.165) is 60.6 Å². The van der Waals surface area contributed by atoms with Crippen molar-refractivity contribution in [3.8, 4) is 17.0 Å². The molecule has 10 heteroatoms. The molecule has 1 amide bonds. The molecule has 0 radical (unpaired) electrons. The van der Waals surface area contributed by atoms with Crippen molar-refractivity contribution in [3.05, 3.63) is 58.7 Å². The number of nitrogens with zero attached hydrogens (tertiary/aromatic N) is 3. The van der Waals surface area contributed by atoms with Gasteiger partial charge in [-0.2, -0.15) is 0 Å². The van der Waals surface area contributed by atoms with Crippen LogP contribution < -0.4 is 15.4 Å². The lowest BCUT2D eigenvalue weighted by molar-refractivity contribution is -0.115. The molecule has 1 fully saturated rings. The number of rotatable bonds is 8. The molecule has 1 saturated heterocycles. The van der Waals surface area contributed by atoms with Gasteiger partial charge in [-0.05, 0) is 29.8 Å². The molecular weight excluding hydrogens is 472 g/mol. The van der Waals surface area contributed by atoms with Crippen LogP contribution in [-0.4, -0.2) is 65.1 Å². The number of benzene rings is 1. The Morgan fingerprint density at radius 1 is 1.26 bits per heavy atom. The number of fused-ring (bicyclic) bond motifs is 1. The molecule has 8 nitrogen and oxygen atoms in total. The first-order chi connectivity index (χ1) is 16.7. The summed E-state index contributed by atoms with van der Waals surface area (Å²) in [6.45, 7) is 5.61. The van der Waals surface area contributed by atoms with E-state index in [2.05, 4.69) is 30.5 Å². The smallest absolute Gasteiger partial charge is 0.230 e. The number of amides is 1. The molecule has 0 spiro atoms. The fourth-order valence-corrected chi connectivity index (χ4v) is 4.91. The Morgan fingerprint density at radius 2 is 2.15 bits per heavy atom. The molecule has 1 aromatic carbocycles. The highest BCUT2D eigenvalue weighted by Gasteiger charge is 2.14. The summed E-state index contributed by atoms with van der Waals surface area (Å²) >= 11 is 7.81. The third kappa shape index (κ3) is 5.39. The number of halogens is 1. The Kier molecular flexibility index (Phi) is 7.05. The topological polar surface area (TPSA) is 95.2 Å². The molecule has 176 valence electrons. The van der Waals surface area contributed by atoms with Crippen molar-refractivity contribution in [3.63, 3.8) is 0 Å². The zero-order chi connectivity index (χ0) is 23.3. The van der Waals surface area contributed by atoms with Crippen LogP contribution in [0, 0.1) is 0 Å². The fourth-order valence-electron chi connectivity index (χ4n) is 3.95. The highest BCUT2D eigenvalue weighted by atomic mass is 35.5. The molecule has 3 N–H and O–H groups in total. The molecular formula is C24H25ClN6O2S. The Bertz CT molecular complexity index is 1280. The van der Waals surface area contributed by atoms with Gasteiger partial charge in [0, 0.05) is 66.5 Å². The van der Waals surface area contributed by atoms with E-state index in [0.29, 0.717) is 22.5 Å². The average molecular weight is 497 g/mol. The molecule has 34 heavy (non-hydrogen) atoms. The van der Waals surface area contributed by atoms with Crippen LogP contribution in [0.15, 0.2) is 48.1 Å². The van der Waals surface area contributed by atoms with Crippen LogP contribution in [-0.2, 0) is 11.2 Å². The van der Waals surface area contributed by atoms with E-state index in [1.165, 1.54) is 11.3 Å². The number of ether oxygens (including phenoxy) is 1. The highest BCUT2D eigenvalue weighted by molar-refractivity contribution is 7.14. The molecule has 4 heterocycles. The van der Waals surface area contributed by atoms with Gasteiger partial charge in [0.15, 0.2) is 5.13 Å². The highest BCUT2D eigenvalue weighted by Crippen LogP contribution is 2.30. The quantitative estimate of drug-likeness (QED) is 0.343. The molecule has 1 aliphatic heterocycles. The minimum absolute atomic E-state index is 0.159. The van der Waals surface area contributed by atoms with Crippen LogP contribution in [0.2, 0.25) is 5.02 Å². The van der Waals surface area contributed by atoms with Crippen LogP contribution in [0.5, 0.6) is 5.75 Å². The van der Waals surface area contributed by atoms with E-state index in [1.54, 1.807) is 12.3 Å². The number of nitrogens with one attached hydrogen (secondary N) is 3. The maximum absolute atomic E-state index is 12.6. The van der Waals surface area contributed by atoms with Gasteiger partial charge in [0.2, 0.25) is 5.91 Å². The summed E-state index contributed by atoms with van der Waals surface area (Å²) in [5, 5.41) is 10.2. The SMILES string of the molecule is O=C(Cc1ccc(OCCN2CCNCC2)cc1Cl)Nc1nc(-c2c[nH]c3ncccc23)cs1. The van der Waals surface area contributed by atoms with Gasteiger partial charge in [-0.3, -0.25) is 9.69 Å². The minimum atomic E-state index is -0.171. The predicted molar refractivity (Wildman–Crippen MR) is 136 cm³/mol. The number of pyridine rings is 1. The standard InChI is InChI=1S/C24H25ClN6O2S/c25-20-13-17(33-11-10-31-8-6-26-7-9-31)4-3-16(20)12-22(32)30-24-29-21(15-34-24)19-14-28-23-18(19)2-1-5-27-23/h1-5,13-15,26H,6-12H2,(H,27,28)(H,29,30,32). The molecule has 0 atom stereocenters. The first-order valence-electron chi connectivity index (χ1n) is 11.2. The van der Waals surface area contributed by atoms with Gasteiger partial charge in [0.25, 0.3) is 0 Å². The summed E-state index contributed by atoms with van der Waals surface area (Å²) in [4.78, 5) is 27.0. The summed E-state index contributed by atoms with van der Waals surface area (Å²) in [5.41, 5.74) is 3.30. The summed E-state index contributed by atoms with van der Waals surface area (Å²) in [7, 11) is 0. The third-order valence-electron chi connectivity index (χ3n) is 5.74. The second-order valence-electron chi connectivity index (χ2n) is 8.06. The van der Waals surface area contributed by atoms with Gasteiger partial charge in [0.1, 0.15) is 18.0 Å². The lowest BCUT2D eigenvalue weighted by atomic mass is 10.1. The van der Waals surface area contributed by atoms with Crippen molar-refractivity contribution in [1.29, 1.82) is 0 Å². The minimum Gasteiger partial charge on any atom is -0.492 e. The normalized spacial score (nSPS) is 14.4. The van der Waals surface area contributed by atoms with Crippen molar-refractivity contribution in [2.75, 3.05) is 44.6 Å². The Balaban J connectivity index is 1.15. The molecule has 1 aliphatic rings. The number of carbonyl (C=O) groups is 1. The molecule has 0 bridgehead atoms. The number of thiazole rings is 1. The first kappa shape index (κ1) is 22.8. The molecule has 0 unspecified atom stereocenters. The van der Waals surface area contributed by atoms with Gasteiger partial charge < -0.3 is 20.4 Å². The number of aromatic nitrogens is 3. The van der Waals surface area contributed by atoms with Crippen molar-refractivity contribution < 1.29 is 9.53 Å². The van der Waals surface area contributed by atoms with Crippen molar-refractivity contribution in [2.45, 2.75) is 6.42 Å². The molecule has 3 aromatic heterocycles. The van der Waals surface area contributed by atoms with Gasteiger partial charge in [-0.15, -0.1) is 11.3 Å². The molecule has 5 rings (SSSR count). The van der Waals surface area contributed by atoms with Gasteiger partial charge >= 0.3 is 0 Å². The lowest BCUT2D eigenvalue weighted by Gasteiger charge is -2.26. The number of H-pyrrole nitrogens is 1. The number of anilines is 1. The summed E-state index contributed by atoms with van der Waals surface area (Å²) in [6.07, 6.45) is 3.78. The molecule has 0 aliphatic carbocycles. The summed E-state index contributed by atoms with van der Waals surface area (Å²) in [5.74, 6) is 0.540. The zero-order valence-electron chi connectivity index (χ0n) is 18.5. The van der Waals surface area contributed by atoms with E-state index in [9.17, 15) is 4.79 Å². The third-order valence-corrected chi connectivity index (χ3v) is 6.85. The Labute approximate surface area is 206 Å². The van der Waals surface area contributed by atoms with E-state index in [-0.39, 0.29) is 12.3 Å². The molecule has 0 saturated carbocycles. The van der Waals surface area contributed by atoms with Gasteiger partial charge in [-0.25, -0.2) is 9.97 Å². The maximum atomic E-state index is 12.6. The number of hydrogen-bond donors (Lipinski definition) is 3. The Hall–Kier alpha value is -2.98. The van der Waals surface area contributed by atoms with Crippen molar-refractivity contribution in [1.82, 2.24) is 25.2 Å². The lowest BCUT2D eigenvalue weighted by Crippen LogP contribution is -2.44. The van der Waals surface area contributed by atoms with E-state index < -0.39 is 0 Å². The maximum Gasteiger partial charge on any atom is 0.230 e. The average Bonchev–Trinajstić information content (AvgIpc) is 3.48. The monoisotopic (exact) mass is 496 g/mol. The van der Waals surface area contributed by atoms with Gasteiger partial charge in [0.05, 0.1) is 12.1 Å². The van der Waals surface area contributed by atoms with Crippen LogP contribution in [0.4, 0.5) is 5.13 Å². The van der Waals surface area contributed by atoms with Gasteiger partial charge in [-0.1, -0.05) is 17.7 Å². The predicted octanol–water partition coefficient (Wildman–Crippen LogP) is 3.81. The summed E-state index contributed by atoms with van der Waals surface area (Å²) < 4.78 is 5.85. The number of carbonyl (C=O) groups excluding carboxylic acids is 1. The van der Waals surface area contributed by atoms with E-state index >= 15 is 0 Å². The van der Waals surface area contributed by atoms with Crippen LogP contribution in [0.1, 0.15) is 5.56 Å². The van der Waals surface area contributed by atoms with Crippen molar-refractivity contribution in [2.24, 2.45) is 0 Å². The van der Waals surface area contributed by atoms with Crippen LogP contribution in [0.25, 0.3) is 22.3 Å². The van der Waals surface area contributed by atoms with E-state index in [1.807, 2.05) is 35.8 Å². The number of aromatic amines is 1. The Morgan fingerprint density at radius 3 is 3.00 bits per heavy atom. The molecule has 4 aromatic rings.